The molecule has 0 aliphatic carbocycles. The summed E-state index contributed by atoms with van der Waals surface area (Å²) in [6.07, 6.45) is -0.128. The summed E-state index contributed by atoms with van der Waals surface area (Å²) < 4.78 is 5.11. The molecule has 0 aliphatic heterocycles. The summed E-state index contributed by atoms with van der Waals surface area (Å²) in [5.41, 5.74) is 2.20. The van der Waals surface area contributed by atoms with Gasteiger partial charge in [-0.1, -0.05) is 29.8 Å². The molecule has 0 radical (unpaired) electrons. The number of halogens is 1. The Morgan fingerprint density at radius 2 is 2.12 bits per heavy atom. The normalized spacial score (nSPS) is 11.0. The van der Waals surface area contributed by atoms with Crippen molar-refractivity contribution in [3.05, 3.63) is 34.9 Å². The summed E-state index contributed by atoms with van der Waals surface area (Å²) in [6, 6.07) is 7.44. The van der Waals surface area contributed by atoms with Crippen molar-refractivity contribution in [1.82, 2.24) is 5.43 Å². The fourth-order valence-electron chi connectivity index (χ4n) is 1.42. The molecule has 0 spiro atoms. The SMILES string of the molecule is CC(C)(Cc1ccccc1Cl)OC(=O)NN. The molecule has 1 rings (SSSR count). The van der Waals surface area contributed by atoms with Gasteiger partial charge in [-0.25, -0.2) is 10.6 Å². The van der Waals surface area contributed by atoms with Crippen LogP contribution in [-0.4, -0.2) is 11.7 Å². The average Bonchev–Trinajstić information content (AvgIpc) is 2.20. The molecule has 1 amide bonds. The van der Waals surface area contributed by atoms with Gasteiger partial charge in [0.25, 0.3) is 0 Å². The maximum absolute atomic E-state index is 11.0. The highest BCUT2D eigenvalue weighted by atomic mass is 35.5. The second-order valence-corrected chi connectivity index (χ2v) is 4.47. The van der Waals surface area contributed by atoms with E-state index in [0.29, 0.717) is 11.4 Å². The number of hydrazine groups is 1. The van der Waals surface area contributed by atoms with E-state index < -0.39 is 11.7 Å². The predicted octanol–water partition coefficient (Wildman–Crippen LogP) is 2.26. The highest BCUT2D eigenvalue weighted by molar-refractivity contribution is 6.31. The summed E-state index contributed by atoms with van der Waals surface area (Å²) in [5, 5.41) is 0.660. The maximum Gasteiger partial charge on any atom is 0.421 e. The highest BCUT2D eigenvalue weighted by Crippen LogP contribution is 2.23. The van der Waals surface area contributed by atoms with Gasteiger partial charge in [-0.05, 0) is 25.5 Å². The summed E-state index contributed by atoms with van der Waals surface area (Å²) in [5.74, 6) is 4.95. The van der Waals surface area contributed by atoms with Crippen LogP contribution in [0.2, 0.25) is 5.02 Å². The van der Waals surface area contributed by atoms with Crippen LogP contribution in [-0.2, 0) is 11.2 Å². The smallest absolute Gasteiger partial charge is 0.421 e. The molecule has 0 unspecified atom stereocenters. The zero-order chi connectivity index (χ0) is 12.2. The quantitative estimate of drug-likeness (QED) is 0.486. The summed E-state index contributed by atoms with van der Waals surface area (Å²) >= 11 is 6.02. The first kappa shape index (κ1) is 12.8. The Balaban J connectivity index is 2.72. The minimum atomic E-state index is -0.658. The van der Waals surface area contributed by atoms with E-state index in [1.54, 1.807) is 19.9 Å². The predicted molar refractivity (Wildman–Crippen MR) is 63.0 cm³/mol. The minimum absolute atomic E-state index is 0.528. The third kappa shape index (κ3) is 3.72. The van der Waals surface area contributed by atoms with Crippen LogP contribution in [0.3, 0.4) is 0 Å². The Bertz CT molecular complexity index is 380. The van der Waals surface area contributed by atoms with E-state index in [2.05, 4.69) is 0 Å². The number of benzene rings is 1. The van der Waals surface area contributed by atoms with E-state index >= 15 is 0 Å². The van der Waals surface area contributed by atoms with Gasteiger partial charge in [-0.15, -0.1) is 0 Å². The zero-order valence-electron chi connectivity index (χ0n) is 9.29. The Labute approximate surface area is 99.7 Å². The molecule has 0 atom stereocenters. The van der Waals surface area contributed by atoms with Crippen molar-refractivity contribution in [2.45, 2.75) is 25.9 Å². The molecule has 3 N–H and O–H groups in total. The maximum atomic E-state index is 11.0. The minimum Gasteiger partial charge on any atom is -0.442 e. The molecular formula is C11H15ClN2O2. The summed E-state index contributed by atoms with van der Waals surface area (Å²) in [7, 11) is 0. The summed E-state index contributed by atoms with van der Waals surface area (Å²) in [6.45, 7) is 3.59. The van der Waals surface area contributed by atoms with Crippen LogP contribution in [0.4, 0.5) is 4.79 Å². The fraction of sp³-hybridized carbons (Fsp3) is 0.364. The lowest BCUT2D eigenvalue weighted by molar-refractivity contribution is 0.0393. The molecule has 1 aromatic rings. The average molecular weight is 243 g/mol. The van der Waals surface area contributed by atoms with Crippen LogP contribution in [0.5, 0.6) is 0 Å². The second kappa shape index (κ2) is 5.18. The Morgan fingerprint density at radius 1 is 1.50 bits per heavy atom. The van der Waals surface area contributed by atoms with Crippen molar-refractivity contribution in [1.29, 1.82) is 0 Å². The lowest BCUT2D eigenvalue weighted by Crippen LogP contribution is -2.39. The molecule has 0 heterocycles. The number of rotatable bonds is 3. The lowest BCUT2D eigenvalue weighted by atomic mass is 9.98. The van der Waals surface area contributed by atoms with Crippen molar-refractivity contribution in [3.8, 4) is 0 Å². The van der Waals surface area contributed by atoms with Gasteiger partial charge in [0.05, 0.1) is 0 Å². The molecule has 16 heavy (non-hydrogen) atoms. The molecule has 0 aromatic heterocycles. The molecule has 0 saturated carbocycles. The van der Waals surface area contributed by atoms with Gasteiger partial charge >= 0.3 is 6.09 Å². The fourth-order valence-corrected chi connectivity index (χ4v) is 1.62. The number of carbonyl (C=O) groups is 1. The van der Waals surface area contributed by atoms with Gasteiger partial charge in [0, 0.05) is 11.4 Å². The van der Waals surface area contributed by atoms with Crippen LogP contribution < -0.4 is 11.3 Å². The topological polar surface area (TPSA) is 64.3 Å². The standard InChI is InChI=1S/C11H15ClN2O2/c1-11(2,16-10(15)14-13)7-8-5-3-4-6-9(8)12/h3-6H,7,13H2,1-2H3,(H,14,15). The number of hydrogen-bond donors (Lipinski definition) is 2. The molecule has 5 heteroatoms. The molecule has 0 bridgehead atoms. The Hall–Kier alpha value is -1.26. The number of carbonyl (C=O) groups excluding carboxylic acids is 1. The largest absolute Gasteiger partial charge is 0.442 e. The van der Waals surface area contributed by atoms with E-state index in [9.17, 15) is 4.79 Å². The first-order valence-electron chi connectivity index (χ1n) is 4.87. The van der Waals surface area contributed by atoms with Gasteiger partial charge in [0.1, 0.15) is 5.60 Å². The van der Waals surface area contributed by atoms with Gasteiger partial charge in [0.2, 0.25) is 0 Å². The third-order valence-corrected chi connectivity index (χ3v) is 2.43. The molecule has 4 nitrogen and oxygen atoms in total. The number of nitrogens with two attached hydrogens (primary N) is 1. The van der Waals surface area contributed by atoms with Crippen molar-refractivity contribution in [3.63, 3.8) is 0 Å². The monoisotopic (exact) mass is 242 g/mol. The van der Waals surface area contributed by atoms with Crippen LogP contribution >= 0.6 is 11.6 Å². The highest BCUT2D eigenvalue weighted by Gasteiger charge is 2.23. The summed E-state index contributed by atoms with van der Waals surface area (Å²) in [4.78, 5) is 11.0. The van der Waals surface area contributed by atoms with Crippen molar-refractivity contribution in [2.75, 3.05) is 0 Å². The first-order valence-corrected chi connectivity index (χ1v) is 5.25. The van der Waals surface area contributed by atoms with Gasteiger partial charge in [-0.2, -0.15) is 0 Å². The number of ether oxygens (including phenoxy) is 1. The van der Waals surface area contributed by atoms with Crippen molar-refractivity contribution < 1.29 is 9.53 Å². The molecular weight excluding hydrogens is 228 g/mol. The third-order valence-electron chi connectivity index (χ3n) is 2.06. The molecule has 1 aromatic carbocycles. The van der Waals surface area contributed by atoms with Crippen LogP contribution in [0, 0.1) is 0 Å². The van der Waals surface area contributed by atoms with Gasteiger partial charge in [0.15, 0.2) is 0 Å². The Kier molecular flexibility index (Phi) is 4.15. The second-order valence-electron chi connectivity index (χ2n) is 4.06. The zero-order valence-corrected chi connectivity index (χ0v) is 10.0. The number of nitrogens with one attached hydrogen (secondary N) is 1. The van der Waals surface area contributed by atoms with Gasteiger partial charge < -0.3 is 4.74 Å². The first-order chi connectivity index (χ1) is 7.44. The van der Waals surface area contributed by atoms with Crippen LogP contribution in [0.1, 0.15) is 19.4 Å². The Morgan fingerprint density at radius 3 is 2.69 bits per heavy atom. The molecule has 0 fully saturated rings. The van der Waals surface area contributed by atoms with E-state index in [1.165, 1.54) is 0 Å². The number of amides is 1. The van der Waals surface area contributed by atoms with E-state index in [-0.39, 0.29) is 0 Å². The van der Waals surface area contributed by atoms with Crippen molar-refractivity contribution in [2.24, 2.45) is 5.84 Å². The number of hydrogen-bond acceptors (Lipinski definition) is 3. The lowest BCUT2D eigenvalue weighted by Gasteiger charge is -2.25. The van der Waals surface area contributed by atoms with E-state index in [0.717, 1.165) is 5.56 Å². The van der Waals surface area contributed by atoms with E-state index in [4.69, 9.17) is 22.2 Å². The van der Waals surface area contributed by atoms with Crippen LogP contribution in [0.15, 0.2) is 24.3 Å². The van der Waals surface area contributed by atoms with E-state index in [1.807, 2.05) is 23.6 Å². The van der Waals surface area contributed by atoms with Crippen LogP contribution in [0.25, 0.3) is 0 Å². The van der Waals surface area contributed by atoms with Crippen molar-refractivity contribution >= 4 is 17.7 Å². The molecule has 0 saturated heterocycles. The molecule has 88 valence electrons. The molecule has 0 aliphatic rings. The van der Waals surface area contributed by atoms with Gasteiger partial charge in [-0.3, -0.25) is 5.43 Å².